The van der Waals surface area contributed by atoms with Gasteiger partial charge in [-0.2, -0.15) is 0 Å². The van der Waals surface area contributed by atoms with Crippen molar-refractivity contribution >= 4 is 11.8 Å². The second-order valence-electron chi connectivity index (χ2n) is 7.87. The number of carbonyl (C=O) groups excluding carboxylic acids is 2. The van der Waals surface area contributed by atoms with E-state index in [9.17, 15) is 9.59 Å². The summed E-state index contributed by atoms with van der Waals surface area (Å²) in [5.74, 6) is 0.326. The Hall–Kier alpha value is -1.64. The zero-order valence-electron chi connectivity index (χ0n) is 16.0. The molecule has 3 nitrogen and oxygen atoms in total. The van der Waals surface area contributed by atoms with Crippen LogP contribution < -0.4 is 0 Å². The summed E-state index contributed by atoms with van der Waals surface area (Å²) in [6.07, 6.45) is 4.47. The van der Waals surface area contributed by atoms with Crippen molar-refractivity contribution in [3.05, 3.63) is 35.9 Å². The van der Waals surface area contributed by atoms with Gasteiger partial charge in [0.1, 0.15) is 12.0 Å². The first kappa shape index (κ1) is 19.7. The van der Waals surface area contributed by atoms with Gasteiger partial charge in [-0.25, -0.2) is 0 Å². The topological polar surface area (TPSA) is 43.4 Å². The average molecular weight is 344 g/mol. The number of hydrogen-bond donors (Lipinski definition) is 0. The summed E-state index contributed by atoms with van der Waals surface area (Å²) in [5.41, 5.74) is 0.593. The number of rotatable bonds is 7. The number of ketones is 1. The lowest BCUT2D eigenvalue weighted by molar-refractivity contribution is -0.159. The van der Waals surface area contributed by atoms with Crippen molar-refractivity contribution in [2.45, 2.75) is 65.9 Å². The van der Waals surface area contributed by atoms with E-state index < -0.39 is 5.92 Å². The largest absolute Gasteiger partial charge is 0.462 e. The predicted molar refractivity (Wildman–Crippen MR) is 100 cm³/mol. The molecule has 0 amide bonds. The monoisotopic (exact) mass is 344 g/mol. The molecule has 4 atom stereocenters. The molecular formula is C22H32O3. The van der Waals surface area contributed by atoms with Crippen LogP contribution in [0.15, 0.2) is 30.3 Å². The molecule has 0 bridgehead atoms. The second-order valence-corrected chi connectivity index (χ2v) is 7.87. The highest BCUT2D eigenvalue weighted by atomic mass is 16.5. The van der Waals surface area contributed by atoms with Crippen LogP contribution in [0.4, 0.5) is 0 Å². The first-order valence-electron chi connectivity index (χ1n) is 9.73. The van der Waals surface area contributed by atoms with Crippen molar-refractivity contribution in [2.24, 2.45) is 23.7 Å². The lowest BCUT2D eigenvalue weighted by Gasteiger charge is -2.37. The van der Waals surface area contributed by atoms with Crippen LogP contribution in [-0.4, -0.2) is 17.9 Å². The molecule has 1 saturated carbocycles. The highest BCUT2D eigenvalue weighted by Gasteiger charge is 2.36. The summed E-state index contributed by atoms with van der Waals surface area (Å²) in [7, 11) is 0. The van der Waals surface area contributed by atoms with Crippen molar-refractivity contribution in [1.82, 2.24) is 0 Å². The maximum atomic E-state index is 12.8. The van der Waals surface area contributed by atoms with Crippen LogP contribution in [0.1, 0.15) is 70.2 Å². The van der Waals surface area contributed by atoms with Gasteiger partial charge in [0, 0.05) is 5.56 Å². The summed E-state index contributed by atoms with van der Waals surface area (Å²) in [4.78, 5) is 25.6. The van der Waals surface area contributed by atoms with Gasteiger partial charge in [0.15, 0.2) is 5.78 Å². The van der Waals surface area contributed by atoms with E-state index in [4.69, 9.17) is 4.74 Å². The van der Waals surface area contributed by atoms with E-state index in [2.05, 4.69) is 20.8 Å². The molecule has 1 aliphatic rings. The number of carbonyl (C=O) groups is 2. The summed E-state index contributed by atoms with van der Waals surface area (Å²) in [6.45, 7) is 8.61. The molecule has 0 aliphatic heterocycles. The van der Waals surface area contributed by atoms with E-state index in [0.29, 0.717) is 29.7 Å². The highest BCUT2D eigenvalue weighted by molar-refractivity contribution is 6.08. The minimum absolute atomic E-state index is 0.0563. The van der Waals surface area contributed by atoms with Crippen LogP contribution in [-0.2, 0) is 9.53 Å². The summed E-state index contributed by atoms with van der Waals surface area (Å²) in [5, 5.41) is 0. The van der Waals surface area contributed by atoms with Crippen LogP contribution >= 0.6 is 0 Å². The molecule has 0 spiro atoms. The zero-order valence-corrected chi connectivity index (χ0v) is 16.0. The third-order valence-corrected chi connectivity index (χ3v) is 5.47. The Balaban J connectivity index is 2.12. The fourth-order valence-electron chi connectivity index (χ4n) is 3.93. The molecule has 1 aromatic carbocycles. The minimum atomic E-state index is -0.683. The maximum Gasteiger partial charge on any atom is 0.317 e. The molecular weight excluding hydrogens is 312 g/mol. The maximum absolute atomic E-state index is 12.8. The highest BCUT2D eigenvalue weighted by Crippen LogP contribution is 2.36. The van der Waals surface area contributed by atoms with Crippen molar-refractivity contribution in [3.63, 3.8) is 0 Å². The normalized spacial score (nSPS) is 24.8. The molecule has 138 valence electrons. The number of benzene rings is 1. The Kier molecular flexibility index (Phi) is 7.22. The molecule has 1 aromatic rings. The van der Waals surface area contributed by atoms with Crippen molar-refractivity contribution in [2.75, 3.05) is 0 Å². The Bertz CT molecular complexity index is 564. The van der Waals surface area contributed by atoms with E-state index in [1.54, 1.807) is 12.1 Å². The predicted octanol–water partition coefficient (Wildman–Crippen LogP) is 5.29. The standard InChI is InChI=1S/C22H32O3/c1-5-9-19(21(23)17-10-7-6-8-11-17)22(24)25-20-14-16(4)12-13-18(20)15(2)3/h6-8,10-11,15-16,18-20H,5,9,12-14H2,1-4H3/t16-,18+,19-,20+/m0/s1. The zero-order chi connectivity index (χ0) is 18.4. The Morgan fingerprint density at radius 1 is 1.16 bits per heavy atom. The average Bonchev–Trinajstić information content (AvgIpc) is 2.59. The summed E-state index contributed by atoms with van der Waals surface area (Å²) in [6, 6.07) is 9.09. The molecule has 3 heteroatoms. The van der Waals surface area contributed by atoms with Crippen LogP contribution in [0.25, 0.3) is 0 Å². The third kappa shape index (κ3) is 5.17. The van der Waals surface area contributed by atoms with E-state index in [1.165, 1.54) is 6.42 Å². The quantitative estimate of drug-likeness (QED) is 0.383. The van der Waals surface area contributed by atoms with Gasteiger partial charge < -0.3 is 4.74 Å². The molecule has 25 heavy (non-hydrogen) atoms. The molecule has 0 N–H and O–H groups in total. The minimum Gasteiger partial charge on any atom is -0.462 e. The number of esters is 1. The van der Waals surface area contributed by atoms with E-state index >= 15 is 0 Å². The van der Waals surface area contributed by atoms with Crippen molar-refractivity contribution in [1.29, 1.82) is 0 Å². The van der Waals surface area contributed by atoms with E-state index in [0.717, 1.165) is 19.3 Å². The summed E-state index contributed by atoms with van der Waals surface area (Å²) < 4.78 is 5.93. The number of hydrogen-bond acceptors (Lipinski definition) is 3. The smallest absolute Gasteiger partial charge is 0.317 e. The summed E-state index contributed by atoms with van der Waals surface area (Å²) >= 11 is 0. The van der Waals surface area contributed by atoms with Gasteiger partial charge in [0.05, 0.1) is 0 Å². The van der Waals surface area contributed by atoms with Gasteiger partial charge in [-0.05, 0) is 37.0 Å². The van der Waals surface area contributed by atoms with E-state index in [-0.39, 0.29) is 17.9 Å². The molecule has 0 unspecified atom stereocenters. The van der Waals surface area contributed by atoms with Crippen molar-refractivity contribution in [3.8, 4) is 0 Å². The molecule has 1 aliphatic carbocycles. The molecule has 0 heterocycles. The van der Waals surface area contributed by atoms with Gasteiger partial charge >= 0.3 is 5.97 Å². The molecule has 0 radical (unpaired) electrons. The Labute approximate surface area is 152 Å². The fraction of sp³-hybridized carbons (Fsp3) is 0.636. The third-order valence-electron chi connectivity index (χ3n) is 5.47. The van der Waals surface area contributed by atoms with Gasteiger partial charge in [-0.15, -0.1) is 0 Å². The Morgan fingerprint density at radius 2 is 1.84 bits per heavy atom. The van der Waals surface area contributed by atoms with Crippen LogP contribution in [0, 0.1) is 23.7 Å². The van der Waals surface area contributed by atoms with Gasteiger partial charge in [0.2, 0.25) is 0 Å². The molecule has 0 saturated heterocycles. The number of ether oxygens (including phenoxy) is 1. The van der Waals surface area contributed by atoms with E-state index in [1.807, 2.05) is 25.1 Å². The van der Waals surface area contributed by atoms with Gasteiger partial charge in [0.25, 0.3) is 0 Å². The van der Waals surface area contributed by atoms with Crippen LogP contribution in [0.2, 0.25) is 0 Å². The molecule has 1 fully saturated rings. The Morgan fingerprint density at radius 3 is 2.44 bits per heavy atom. The molecule has 0 aromatic heterocycles. The van der Waals surface area contributed by atoms with Gasteiger partial charge in [-0.3, -0.25) is 9.59 Å². The first-order chi connectivity index (χ1) is 11.9. The van der Waals surface area contributed by atoms with Crippen molar-refractivity contribution < 1.29 is 14.3 Å². The lowest BCUT2D eigenvalue weighted by Crippen LogP contribution is -2.38. The fourth-order valence-corrected chi connectivity index (χ4v) is 3.93. The first-order valence-corrected chi connectivity index (χ1v) is 9.73. The van der Waals surface area contributed by atoms with Crippen LogP contribution in [0.3, 0.4) is 0 Å². The lowest BCUT2D eigenvalue weighted by atomic mass is 9.75. The van der Waals surface area contributed by atoms with Gasteiger partial charge in [-0.1, -0.05) is 70.9 Å². The SMILES string of the molecule is CCC[C@H](C(=O)O[C@@H]1C[C@@H](C)CC[C@@H]1C(C)C)C(=O)c1ccccc1. The molecule has 2 rings (SSSR count). The number of Topliss-reactive ketones (excluding diaryl/α,β-unsaturated/α-hetero) is 1. The van der Waals surface area contributed by atoms with Crippen LogP contribution in [0.5, 0.6) is 0 Å². The second kappa shape index (κ2) is 9.17.